The van der Waals surface area contributed by atoms with Crippen molar-refractivity contribution in [1.29, 1.82) is 0 Å². The van der Waals surface area contributed by atoms with Crippen molar-refractivity contribution in [2.24, 2.45) is 0 Å². The SMILES string of the molecule is O=C(NC1CCCC1)C(Sc1ccc2ccccc2n1)c1ccccc1. The van der Waals surface area contributed by atoms with Gasteiger partial charge in [-0.3, -0.25) is 4.79 Å². The summed E-state index contributed by atoms with van der Waals surface area (Å²) in [6, 6.07) is 22.5. The summed E-state index contributed by atoms with van der Waals surface area (Å²) >= 11 is 1.52. The summed E-state index contributed by atoms with van der Waals surface area (Å²) in [6.45, 7) is 0. The maximum absolute atomic E-state index is 13.0. The number of amides is 1. The van der Waals surface area contributed by atoms with Gasteiger partial charge in [0.2, 0.25) is 5.91 Å². The molecule has 1 aliphatic carbocycles. The van der Waals surface area contributed by atoms with E-state index in [0.717, 1.165) is 34.3 Å². The minimum Gasteiger partial charge on any atom is -0.352 e. The molecule has 1 N–H and O–H groups in total. The lowest BCUT2D eigenvalue weighted by Gasteiger charge is -2.20. The number of aromatic nitrogens is 1. The largest absolute Gasteiger partial charge is 0.352 e. The lowest BCUT2D eigenvalue weighted by Crippen LogP contribution is -2.35. The highest BCUT2D eigenvalue weighted by atomic mass is 32.2. The molecular weight excluding hydrogens is 340 g/mol. The number of thioether (sulfide) groups is 1. The lowest BCUT2D eigenvalue weighted by molar-refractivity contribution is -0.121. The van der Waals surface area contributed by atoms with Crippen LogP contribution in [0.5, 0.6) is 0 Å². The van der Waals surface area contributed by atoms with Crippen LogP contribution in [0.3, 0.4) is 0 Å². The average Bonchev–Trinajstić information content (AvgIpc) is 3.19. The summed E-state index contributed by atoms with van der Waals surface area (Å²) < 4.78 is 0. The van der Waals surface area contributed by atoms with E-state index in [-0.39, 0.29) is 11.2 Å². The van der Waals surface area contributed by atoms with Crippen molar-refractivity contribution in [3.63, 3.8) is 0 Å². The van der Waals surface area contributed by atoms with Crippen LogP contribution in [0.25, 0.3) is 10.9 Å². The summed E-state index contributed by atoms with van der Waals surface area (Å²) in [5.74, 6) is 0.0862. The van der Waals surface area contributed by atoms with Crippen LogP contribution < -0.4 is 5.32 Å². The first-order valence-corrected chi connectivity index (χ1v) is 10.1. The molecule has 1 saturated carbocycles. The molecule has 3 aromatic rings. The van der Waals surface area contributed by atoms with Gasteiger partial charge in [0.25, 0.3) is 0 Å². The molecule has 0 saturated heterocycles. The quantitative estimate of drug-likeness (QED) is 0.640. The van der Waals surface area contributed by atoms with Gasteiger partial charge in [0.05, 0.1) is 10.5 Å². The monoisotopic (exact) mass is 362 g/mol. The Labute approximate surface area is 158 Å². The number of hydrogen-bond acceptors (Lipinski definition) is 3. The molecule has 1 fully saturated rings. The van der Waals surface area contributed by atoms with Crippen molar-refractivity contribution >= 4 is 28.6 Å². The zero-order valence-corrected chi connectivity index (χ0v) is 15.4. The van der Waals surface area contributed by atoms with Crippen molar-refractivity contribution in [2.45, 2.75) is 42.0 Å². The Hall–Kier alpha value is -2.33. The molecule has 4 rings (SSSR count). The Balaban J connectivity index is 1.60. The highest BCUT2D eigenvalue weighted by Crippen LogP contribution is 2.35. The molecule has 0 bridgehead atoms. The number of benzene rings is 2. The van der Waals surface area contributed by atoms with Gasteiger partial charge in [-0.05, 0) is 30.5 Å². The molecule has 26 heavy (non-hydrogen) atoms. The molecule has 1 aliphatic rings. The molecule has 1 amide bonds. The van der Waals surface area contributed by atoms with Gasteiger partial charge in [0.1, 0.15) is 5.25 Å². The van der Waals surface area contributed by atoms with Crippen LogP contribution in [-0.4, -0.2) is 16.9 Å². The Bertz CT molecular complexity index is 891. The molecule has 132 valence electrons. The Morgan fingerprint density at radius 2 is 1.69 bits per heavy atom. The van der Waals surface area contributed by atoms with Crippen molar-refractivity contribution in [2.75, 3.05) is 0 Å². The second kappa shape index (κ2) is 7.92. The third-order valence-electron chi connectivity index (χ3n) is 4.85. The maximum Gasteiger partial charge on any atom is 0.238 e. The van der Waals surface area contributed by atoms with E-state index in [4.69, 9.17) is 4.98 Å². The van der Waals surface area contributed by atoms with Gasteiger partial charge in [0, 0.05) is 11.4 Å². The normalized spacial score (nSPS) is 15.8. The fourth-order valence-corrected chi connectivity index (χ4v) is 4.49. The smallest absolute Gasteiger partial charge is 0.238 e. The minimum atomic E-state index is -0.287. The van der Waals surface area contributed by atoms with Crippen LogP contribution in [-0.2, 0) is 4.79 Å². The second-order valence-electron chi connectivity index (χ2n) is 6.74. The van der Waals surface area contributed by atoms with E-state index in [1.165, 1.54) is 24.6 Å². The van der Waals surface area contributed by atoms with Crippen LogP contribution >= 0.6 is 11.8 Å². The Morgan fingerprint density at radius 1 is 0.962 bits per heavy atom. The number of nitrogens with zero attached hydrogens (tertiary/aromatic N) is 1. The molecule has 1 heterocycles. The van der Waals surface area contributed by atoms with Crippen molar-refractivity contribution in [3.8, 4) is 0 Å². The summed E-state index contributed by atoms with van der Waals surface area (Å²) in [4.78, 5) is 17.7. The maximum atomic E-state index is 13.0. The summed E-state index contributed by atoms with van der Waals surface area (Å²) in [5, 5.41) is 4.95. The summed E-state index contributed by atoms with van der Waals surface area (Å²) in [7, 11) is 0. The van der Waals surface area contributed by atoms with Crippen molar-refractivity contribution < 1.29 is 4.79 Å². The number of rotatable bonds is 5. The second-order valence-corrected chi connectivity index (χ2v) is 7.87. The first-order chi connectivity index (χ1) is 12.8. The van der Waals surface area contributed by atoms with Gasteiger partial charge in [-0.15, -0.1) is 0 Å². The van der Waals surface area contributed by atoms with E-state index in [1.54, 1.807) is 0 Å². The van der Waals surface area contributed by atoms with E-state index in [2.05, 4.69) is 17.4 Å². The third kappa shape index (κ3) is 3.91. The van der Waals surface area contributed by atoms with Gasteiger partial charge in [-0.1, -0.05) is 79.2 Å². The van der Waals surface area contributed by atoms with Crippen LogP contribution in [0.4, 0.5) is 0 Å². The fourth-order valence-electron chi connectivity index (χ4n) is 3.48. The van der Waals surface area contributed by atoms with E-state index in [1.807, 2.05) is 54.6 Å². The highest BCUT2D eigenvalue weighted by molar-refractivity contribution is 8.00. The van der Waals surface area contributed by atoms with Crippen molar-refractivity contribution in [3.05, 3.63) is 72.3 Å². The zero-order valence-electron chi connectivity index (χ0n) is 14.6. The Kier molecular flexibility index (Phi) is 5.21. The molecule has 2 aromatic carbocycles. The third-order valence-corrected chi connectivity index (χ3v) is 6.04. The van der Waals surface area contributed by atoms with Gasteiger partial charge < -0.3 is 5.32 Å². The summed E-state index contributed by atoms with van der Waals surface area (Å²) in [5.41, 5.74) is 1.98. The number of pyridine rings is 1. The number of fused-ring (bicyclic) bond motifs is 1. The molecule has 0 spiro atoms. The predicted octanol–water partition coefficient (Wildman–Crippen LogP) is 5.13. The van der Waals surface area contributed by atoms with E-state index in [0.29, 0.717) is 6.04 Å². The van der Waals surface area contributed by atoms with Crippen LogP contribution in [0.15, 0.2) is 71.8 Å². The standard InChI is InChI=1S/C22H22N2OS/c25-22(23-18-11-5-6-12-18)21(17-9-2-1-3-10-17)26-20-15-14-16-8-4-7-13-19(16)24-20/h1-4,7-10,13-15,18,21H,5-6,11-12H2,(H,23,25). The van der Waals surface area contributed by atoms with Gasteiger partial charge in [0.15, 0.2) is 0 Å². The molecule has 0 aliphatic heterocycles. The van der Waals surface area contributed by atoms with Gasteiger partial charge >= 0.3 is 0 Å². The molecule has 1 atom stereocenters. The zero-order chi connectivity index (χ0) is 17.8. The lowest BCUT2D eigenvalue weighted by atomic mass is 10.1. The first-order valence-electron chi connectivity index (χ1n) is 9.17. The highest BCUT2D eigenvalue weighted by Gasteiger charge is 2.26. The predicted molar refractivity (Wildman–Crippen MR) is 107 cm³/mol. The number of hydrogen-bond donors (Lipinski definition) is 1. The molecule has 1 unspecified atom stereocenters. The fraction of sp³-hybridized carbons (Fsp3) is 0.273. The molecular formula is C22H22N2OS. The van der Waals surface area contributed by atoms with E-state index >= 15 is 0 Å². The van der Waals surface area contributed by atoms with Crippen LogP contribution in [0.1, 0.15) is 36.5 Å². The van der Waals surface area contributed by atoms with Gasteiger partial charge in [-0.2, -0.15) is 0 Å². The number of nitrogens with one attached hydrogen (secondary N) is 1. The average molecular weight is 362 g/mol. The van der Waals surface area contributed by atoms with Crippen LogP contribution in [0.2, 0.25) is 0 Å². The molecule has 1 aromatic heterocycles. The van der Waals surface area contributed by atoms with E-state index in [9.17, 15) is 4.79 Å². The molecule has 0 radical (unpaired) electrons. The van der Waals surface area contributed by atoms with E-state index < -0.39 is 0 Å². The summed E-state index contributed by atoms with van der Waals surface area (Å²) in [6.07, 6.45) is 4.60. The first kappa shape index (κ1) is 17.1. The number of carbonyl (C=O) groups is 1. The number of carbonyl (C=O) groups excluding carboxylic acids is 1. The minimum absolute atomic E-state index is 0.0862. The molecule has 3 nitrogen and oxygen atoms in total. The Morgan fingerprint density at radius 3 is 2.50 bits per heavy atom. The topological polar surface area (TPSA) is 42.0 Å². The molecule has 4 heteroatoms. The van der Waals surface area contributed by atoms with Crippen LogP contribution in [0, 0.1) is 0 Å². The number of para-hydroxylation sites is 1. The van der Waals surface area contributed by atoms with Crippen molar-refractivity contribution in [1.82, 2.24) is 10.3 Å². The van der Waals surface area contributed by atoms with Gasteiger partial charge in [-0.25, -0.2) is 4.98 Å².